The number of likely N-dealkylation sites (N-methyl/N-ethyl adjacent to an activating group) is 1. The van der Waals surface area contributed by atoms with Gasteiger partial charge in [0.05, 0.1) is 6.61 Å². The van der Waals surface area contributed by atoms with E-state index in [4.69, 9.17) is 4.74 Å². The molecule has 86 valence electrons. The van der Waals surface area contributed by atoms with Crippen LogP contribution in [0, 0.1) is 5.92 Å². The molecule has 15 heavy (non-hydrogen) atoms. The number of ether oxygens (including phenoxy) is 1. The van der Waals surface area contributed by atoms with Gasteiger partial charge in [0.15, 0.2) is 0 Å². The molecule has 4 heteroatoms. The Hall–Kier alpha value is -0.610. The van der Waals surface area contributed by atoms with Crippen LogP contribution < -0.4 is 5.32 Å². The highest BCUT2D eigenvalue weighted by molar-refractivity contribution is 5.77. The lowest BCUT2D eigenvalue weighted by Gasteiger charge is -2.23. The van der Waals surface area contributed by atoms with E-state index in [-0.39, 0.29) is 12.5 Å². The lowest BCUT2D eigenvalue weighted by Crippen LogP contribution is -2.40. The molecule has 2 aliphatic rings. The van der Waals surface area contributed by atoms with Crippen molar-refractivity contribution in [3.8, 4) is 0 Å². The second-order valence-electron chi connectivity index (χ2n) is 4.61. The van der Waals surface area contributed by atoms with Gasteiger partial charge in [0.25, 0.3) is 0 Å². The van der Waals surface area contributed by atoms with Crippen LogP contribution in [0.3, 0.4) is 0 Å². The summed E-state index contributed by atoms with van der Waals surface area (Å²) in [6.45, 7) is 2.96. The summed E-state index contributed by atoms with van der Waals surface area (Å²) < 4.78 is 5.39. The number of rotatable bonds is 5. The molecule has 1 heterocycles. The van der Waals surface area contributed by atoms with E-state index in [1.165, 1.54) is 12.8 Å². The van der Waals surface area contributed by atoms with Gasteiger partial charge in [-0.25, -0.2) is 0 Å². The Morgan fingerprint density at radius 3 is 2.87 bits per heavy atom. The van der Waals surface area contributed by atoms with Crippen LogP contribution in [0.5, 0.6) is 0 Å². The molecule has 2 rings (SSSR count). The molecule has 0 aromatic heterocycles. The Labute approximate surface area is 91.0 Å². The molecule has 1 N–H and O–H groups in total. The molecule has 1 aliphatic heterocycles. The van der Waals surface area contributed by atoms with E-state index in [1.807, 2.05) is 11.9 Å². The number of carbonyl (C=O) groups is 1. The zero-order chi connectivity index (χ0) is 10.7. The van der Waals surface area contributed by atoms with Gasteiger partial charge in [-0.15, -0.1) is 0 Å². The minimum atomic E-state index is 0.115. The van der Waals surface area contributed by atoms with Gasteiger partial charge < -0.3 is 15.0 Å². The number of hydrogen-bond acceptors (Lipinski definition) is 3. The topological polar surface area (TPSA) is 41.6 Å². The molecule has 1 unspecified atom stereocenters. The van der Waals surface area contributed by atoms with Crippen molar-refractivity contribution in [1.82, 2.24) is 10.2 Å². The van der Waals surface area contributed by atoms with Crippen LogP contribution in [0.1, 0.15) is 19.3 Å². The smallest absolute Gasteiger partial charge is 0.248 e. The predicted molar refractivity (Wildman–Crippen MR) is 57.6 cm³/mol. The Bertz CT molecular complexity index is 223. The summed E-state index contributed by atoms with van der Waals surface area (Å²) in [5.41, 5.74) is 0. The average molecular weight is 212 g/mol. The minimum absolute atomic E-state index is 0.115. The van der Waals surface area contributed by atoms with Gasteiger partial charge in [-0.2, -0.15) is 0 Å². The van der Waals surface area contributed by atoms with E-state index in [0.29, 0.717) is 6.04 Å². The maximum Gasteiger partial charge on any atom is 0.248 e. The molecule has 1 saturated heterocycles. The fraction of sp³-hybridized carbons (Fsp3) is 0.909. The summed E-state index contributed by atoms with van der Waals surface area (Å²) in [6, 6.07) is 0.363. The van der Waals surface area contributed by atoms with Gasteiger partial charge in [0, 0.05) is 19.6 Å². The zero-order valence-corrected chi connectivity index (χ0v) is 9.37. The first-order valence-electron chi connectivity index (χ1n) is 5.81. The normalized spacial score (nSPS) is 25.5. The van der Waals surface area contributed by atoms with E-state index in [1.54, 1.807) is 0 Å². The summed E-state index contributed by atoms with van der Waals surface area (Å²) in [5.74, 6) is 0.848. The van der Waals surface area contributed by atoms with Gasteiger partial charge in [-0.1, -0.05) is 0 Å². The Morgan fingerprint density at radius 1 is 1.47 bits per heavy atom. The van der Waals surface area contributed by atoms with Gasteiger partial charge in [0.2, 0.25) is 5.91 Å². The number of nitrogens with zero attached hydrogens (tertiary/aromatic N) is 1. The first-order chi connectivity index (χ1) is 7.27. The monoisotopic (exact) mass is 212 g/mol. The molecule has 1 amide bonds. The van der Waals surface area contributed by atoms with Gasteiger partial charge >= 0.3 is 0 Å². The lowest BCUT2D eigenvalue weighted by atomic mass is 10.2. The zero-order valence-electron chi connectivity index (χ0n) is 9.37. The number of nitrogens with one attached hydrogen (secondary N) is 1. The lowest BCUT2D eigenvalue weighted by molar-refractivity contribution is -0.136. The van der Waals surface area contributed by atoms with E-state index in [2.05, 4.69) is 5.32 Å². The summed E-state index contributed by atoms with van der Waals surface area (Å²) in [4.78, 5) is 13.5. The third-order valence-electron chi connectivity index (χ3n) is 3.25. The van der Waals surface area contributed by atoms with Crippen molar-refractivity contribution < 1.29 is 9.53 Å². The van der Waals surface area contributed by atoms with E-state index >= 15 is 0 Å². The van der Waals surface area contributed by atoms with Gasteiger partial charge in [0.1, 0.15) is 6.61 Å². The molecule has 0 aromatic carbocycles. The average Bonchev–Trinajstić information content (AvgIpc) is 2.90. The van der Waals surface area contributed by atoms with E-state index < -0.39 is 0 Å². The third kappa shape index (κ3) is 3.18. The van der Waals surface area contributed by atoms with Crippen molar-refractivity contribution in [2.24, 2.45) is 5.92 Å². The third-order valence-corrected chi connectivity index (χ3v) is 3.25. The molecular formula is C11H20N2O2. The molecule has 0 aromatic rings. The largest absolute Gasteiger partial charge is 0.371 e. The quantitative estimate of drug-likeness (QED) is 0.709. The fourth-order valence-electron chi connectivity index (χ4n) is 1.87. The highest BCUT2D eigenvalue weighted by atomic mass is 16.5. The van der Waals surface area contributed by atoms with Crippen LogP contribution in [0.25, 0.3) is 0 Å². The van der Waals surface area contributed by atoms with Crippen molar-refractivity contribution in [2.75, 3.05) is 33.4 Å². The van der Waals surface area contributed by atoms with Crippen molar-refractivity contribution in [3.63, 3.8) is 0 Å². The second-order valence-corrected chi connectivity index (χ2v) is 4.61. The highest BCUT2D eigenvalue weighted by Gasteiger charge is 2.25. The van der Waals surface area contributed by atoms with Crippen LogP contribution in [0.4, 0.5) is 0 Å². The molecule has 0 bridgehead atoms. The second kappa shape index (κ2) is 4.94. The Kier molecular flexibility index (Phi) is 3.59. The Balaban J connectivity index is 1.64. The van der Waals surface area contributed by atoms with Crippen molar-refractivity contribution >= 4 is 5.91 Å². The maximum atomic E-state index is 11.7. The molecule has 0 spiro atoms. The van der Waals surface area contributed by atoms with Crippen molar-refractivity contribution in [1.29, 1.82) is 0 Å². The molecule has 1 aliphatic carbocycles. The summed E-state index contributed by atoms with van der Waals surface area (Å²) >= 11 is 0. The van der Waals surface area contributed by atoms with Crippen LogP contribution in [-0.4, -0.2) is 50.2 Å². The number of hydrogen-bond donors (Lipinski definition) is 1. The first kappa shape index (κ1) is 10.9. The number of amides is 1. The first-order valence-corrected chi connectivity index (χ1v) is 5.81. The maximum absolute atomic E-state index is 11.7. The summed E-state index contributed by atoms with van der Waals surface area (Å²) in [6.07, 6.45) is 3.61. The molecule has 2 fully saturated rings. The molecule has 0 radical (unpaired) electrons. The number of carbonyl (C=O) groups excluding carboxylic acids is 1. The van der Waals surface area contributed by atoms with Crippen LogP contribution in [0.15, 0.2) is 0 Å². The van der Waals surface area contributed by atoms with E-state index in [0.717, 1.165) is 32.0 Å². The summed E-state index contributed by atoms with van der Waals surface area (Å²) in [5, 5.41) is 3.26. The minimum Gasteiger partial charge on any atom is -0.371 e. The molecular weight excluding hydrogens is 192 g/mol. The standard InChI is InChI=1S/C11H20N2O2/c1-13(10-4-5-12-6-10)11(14)8-15-7-9-2-3-9/h9-10,12H,2-8H2,1H3. The Morgan fingerprint density at radius 2 is 2.27 bits per heavy atom. The van der Waals surface area contributed by atoms with Gasteiger partial charge in [-0.3, -0.25) is 4.79 Å². The van der Waals surface area contributed by atoms with Crippen LogP contribution >= 0.6 is 0 Å². The van der Waals surface area contributed by atoms with E-state index in [9.17, 15) is 4.79 Å². The fourth-order valence-corrected chi connectivity index (χ4v) is 1.87. The summed E-state index contributed by atoms with van der Waals surface area (Å²) in [7, 11) is 1.88. The molecule has 4 nitrogen and oxygen atoms in total. The van der Waals surface area contributed by atoms with Crippen molar-refractivity contribution in [2.45, 2.75) is 25.3 Å². The van der Waals surface area contributed by atoms with Gasteiger partial charge in [-0.05, 0) is 31.7 Å². The molecule has 1 saturated carbocycles. The van der Waals surface area contributed by atoms with Crippen molar-refractivity contribution in [3.05, 3.63) is 0 Å². The SMILES string of the molecule is CN(C(=O)COCC1CC1)C1CCNC1. The highest BCUT2D eigenvalue weighted by Crippen LogP contribution is 2.28. The van der Waals surface area contributed by atoms with Crippen LogP contribution in [0.2, 0.25) is 0 Å². The molecule has 1 atom stereocenters. The van der Waals surface area contributed by atoms with Crippen LogP contribution in [-0.2, 0) is 9.53 Å². The predicted octanol–water partition coefficient (Wildman–Crippen LogP) is 0.233.